The molecular formula is C25H21N3O3. The van der Waals surface area contributed by atoms with Crippen molar-refractivity contribution in [1.29, 1.82) is 0 Å². The molecule has 0 saturated heterocycles. The molecule has 0 aliphatic carbocycles. The van der Waals surface area contributed by atoms with Crippen molar-refractivity contribution in [3.05, 3.63) is 108 Å². The number of nitrogens with zero attached hydrogens (tertiary/aromatic N) is 2. The number of phenolic OH excluding ortho intramolecular Hbond substituents is 1. The number of aliphatic hydroxyl groups is 1. The third-order valence-electron chi connectivity index (χ3n) is 4.80. The number of carbonyl (C=O) groups is 1. The number of benzene rings is 3. The molecule has 4 rings (SSSR count). The highest BCUT2D eigenvalue weighted by Gasteiger charge is 2.20. The van der Waals surface area contributed by atoms with Gasteiger partial charge in [-0.1, -0.05) is 60.7 Å². The minimum atomic E-state index is -1.07. The van der Waals surface area contributed by atoms with Gasteiger partial charge in [0.15, 0.2) is 5.82 Å². The molecule has 0 spiro atoms. The van der Waals surface area contributed by atoms with Gasteiger partial charge in [0.25, 0.3) is 0 Å². The Morgan fingerprint density at radius 3 is 2.23 bits per heavy atom. The van der Waals surface area contributed by atoms with E-state index in [1.54, 1.807) is 36.4 Å². The molecule has 31 heavy (non-hydrogen) atoms. The number of nitrogens with one attached hydrogen (secondary N) is 1. The normalized spacial score (nSPS) is 11.6. The van der Waals surface area contributed by atoms with Crippen molar-refractivity contribution < 1.29 is 15.0 Å². The Labute approximate surface area is 179 Å². The second kappa shape index (κ2) is 9.19. The number of phenols is 1. The fraction of sp³-hybridized carbons (Fsp3) is 0.0800. The summed E-state index contributed by atoms with van der Waals surface area (Å²) in [4.78, 5) is 21.6. The lowest BCUT2D eigenvalue weighted by molar-refractivity contribution is -0.115. The van der Waals surface area contributed by atoms with E-state index in [-0.39, 0.29) is 29.6 Å². The molecule has 3 N–H and O–H groups in total. The quantitative estimate of drug-likeness (QED) is 0.444. The van der Waals surface area contributed by atoms with Crippen LogP contribution in [0.3, 0.4) is 0 Å². The van der Waals surface area contributed by atoms with Crippen molar-refractivity contribution in [3.8, 4) is 17.0 Å². The van der Waals surface area contributed by atoms with Gasteiger partial charge in [0.05, 0.1) is 18.3 Å². The Bertz CT molecular complexity index is 1160. The monoisotopic (exact) mass is 411 g/mol. The molecule has 1 heterocycles. The van der Waals surface area contributed by atoms with Gasteiger partial charge in [0, 0.05) is 5.56 Å². The molecule has 1 amide bonds. The van der Waals surface area contributed by atoms with E-state index in [1.165, 1.54) is 6.20 Å². The molecule has 6 nitrogen and oxygen atoms in total. The Morgan fingerprint density at radius 1 is 0.903 bits per heavy atom. The lowest BCUT2D eigenvalue weighted by Gasteiger charge is -2.16. The minimum absolute atomic E-state index is 0.144. The van der Waals surface area contributed by atoms with E-state index in [0.29, 0.717) is 11.3 Å². The van der Waals surface area contributed by atoms with Crippen LogP contribution < -0.4 is 5.32 Å². The maximum absolute atomic E-state index is 12.6. The second-order valence-electron chi connectivity index (χ2n) is 7.06. The average Bonchev–Trinajstić information content (AvgIpc) is 2.80. The fourth-order valence-electron chi connectivity index (χ4n) is 3.21. The van der Waals surface area contributed by atoms with E-state index in [0.717, 1.165) is 11.1 Å². The first-order valence-corrected chi connectivity index (χ1v) is 9.83. The van der Waals surface area contributed by atoms with Crippen molar-refractivity contribution in [1.82, 2.24) is 9.97 Å². The predicted molar refractivity (Wildman–Crippen MR) is 118 cm³/mol. The first-order chi connectivity index (χ1) is 15.1. The van der Waals surface area contributed by atoms with E-state index in [9.17, 15) is 15.0 Å². The second-order valence-corrected chi connectivity index (χ2v) is 7.06. The van der Waals surface area contributed by atoms with Crippen LogP contribution in [-0.2, 0) is 11.2 Å². The summed E-state index contributed by atoms with van der Waals surface area (Å²) in [5, 5.41) is 23.3. The van der Waals surface area contributed by atoms with Crippen LogP contribution in [0.25, 0.3) is 11.3 Å². The van der Waals surface area contributed by atoms with Gasteiger partial charge < -0.3 is 15.5 Å². The zero-order valence-electron chi connectivity index (χ0n) is 16.6. The van der Waals surface area contributed by atoms with E-state index in [1.807, 2.05) is 48.5 Å². The van der Waals surface area contributed by atoms with Crippen molar-refractivity contribution in [2.24, 2.45) is 0 Å². The molecule has 1 unspecified atom stereocenters. The third kappa shape index (κ3) is 4.94. The van der Waals surface area contributed by atoms with Gasteiger partial charge in [-0.05, 0) is 35.4 Å². The number of aromatic hydroxyl groups is 1. The summed E-state index contributed by atoms with van der Waals surface area (Å²) in [7, 11) is 0. The van der Waals surface area contributed by atoms with Crippen LogP contribution in [0, 0.1) is 0 Å². The molecule has 1 aromatic heterocycles. The standard InChI is InChI=1S/C25H21N3O3/c29-20-13-11-18(12-14-20)21-16-26-25(28-22(30)15-17-7-3-1-4-8-17)23(27-21)24(31)19-9-5-2-6-10-19/h1-14,16,24,29,31H,15H2,(H,26,28,30). The largest absolute Gasteiger partial charge is 0.508 e. The highest BCUT2D eigenvalue weighted by molar-refractivity contribution is 5.92. The zero-order chi connectivity index (χ0) is 21.6. The number of rotatable bonds is 6. The van der Waals surface area contributed by atoms with Crippen molar-refractivity contribution >= 4 is 11.7 Å². The van der Waals surface area contributed by atoms with Crippen molar-refractivity contribution in [2.75, 3.05) is 5.32 Å². The van der Waals surface area contributed by atoms with Crippen molar-refractivity contribution in [2.45, 2.75) is 12.5 Å². The number of amides is 1. The van der Waals surface area contributed by atoms with E-state index < -0.39 is 6.10 Å². The van der Waals surface area contributed by atoms with Crippen LogP contribution in [0.15, 0.2) is 91.1 Å². The number of anilines is 1. The van der Waals surface area contributed by atoms with Gasteiger partial charge >= 0.3 is 0 Å². The molecular weight excluding hydrogens is 390 g/mol. The van der Waals surface area contributed by atoms with Crippen LogP contribution in [0.5, 0.6) is 5.75 Å². The smallest absolute Gasteiger partial charge is 0.229 e. The summed E-state index contributed by atoms with van der Waals surface area (Å²) in [6.07, 6.45) is 0.646. The van der Waals surface area contributed by atoms with Crippen molar-refractivity contribution in [3.63, 3.8) is 0 Å². The maximum atomic E-state index is 12.6. The predicted octanol–water partition coefficient (Wildman–Crippen LogP) is 4.11. The first kappa shape index (κ1) is 20.3. The highest BCUT2D eigenvalue weighted by atomic mass is 16.3. The Morgan fingerprint density at radius 2 is 1.55 bits per heavy atom. The molecule has 0 radical (unpaired) electrons. The number of hydrogen-bond acceptors (Lipinski definition) is 5. The van der Waals surface area contributed by atoms with Crippen LogP contribution in [0.1, 0.15) is 22.9 Å². The summed E-state index contributed by atoms with van der Waals surface area (Å²) in [6.45, 7) is 0. The summed E-state index contributed by atoms with van der Waals surface area (Å²) in [5.41, 5.74) is 3.01. The lowest BCUT2D eigenvalue weighted by atomic mass is 10.1. The lowest BCUT2D eigenvalue weighted by Crippen LogP contribution is -2.19. The van der Waals surface area contributed by atoms with Gasteiger partial charge in [-0.25, -0.2) is 9.97 Å². The third-order valence-corrected chi connectivity index (χ3v) is 4.80. The van der Waals surface area contributed by atoms with E-state index >= 15 is 0 Å². The number of aliphatic hydroxyl groups excluding tert-OH is 1. The molecule has 0 fully saturated rings. The maximum Gasteiger partial charge on any atom is 0.229 e. The molecule has 1 atom stereocenters. The fourth-order valence-corrected chi connectivity index (χ4v) is 3.21. The van der Waals surface area contributed by atoms with Crippen LogP contribution in [0.2, 0.25) is 0 Å². The molecule has 3 aromatic carbocycles. The molecule has 0 aliphatic heterocycles. The van der Waals surface area contributed by atoms with Gasteiger partial charge in [0.2, 0.25) is 5.91 Å². The van der Waals surface area contributed by atoms with Gasteiger partial charge in [0.1, 0.15) is 17.5 Å². The minimum Gasteiger partial charge on any atom is -0.508 e. The first-order valence-electron chi connectivity index (χ1n) is 9.83. The van der Waals surface area contributed by atoms with Crippen LogP contribution in [0.4, 0.5) is 5.82 Å². The van der Waals surface area contributed by atoms with Gasteiger partial charge in [-0.3, -0.25) is 4.79 Å². The number of carbonyl (C=O) groups excluding carboxylic acids is 1. The molecule has 0 bridgehead atoms. The van der Waals surface area contributed by atoms with E-state index in [4.69, 9.17) is 0 Å². The Hall–Kier alpha value is -4.03. The highest BCUT2D eigenvalue weighted by Crippen LogP contribution is 2.28. The summed E-state index contributed by atoms with van der Waals surface area (Å²) in [6, 6.07) is 25.0. The Kier molecular flexibility index (Phi) is 6.01. The Balaban J connectivity index is 1.68. The molecule has 154 valence electrons. The number of aromatic nitrogens is 2. The molecule has 0 saturated carbocycles. The van der Waals surface area contributed by atoms with Gasteiger partial charge in [-0.15, -0.1) is 0 Å². The van der Waals surface area contributed by atoms with Gasteiger partial charge in [-0.2, -0.15) is 0 Å². The van der Waals surface area contributed by atoms with Crippen LogP contribution in [-0.4, -0.2) is 26.1 Å². The molecule has 4 aromatic rings. The van der Waals surface area contributed by atoms with Crippen LogP contribution >= 0.6 is 0 Å². The topological polar surface area (TPSA) is 95.3 Å². The molecule has 0 aliphatic rings. The summed E-state index contributed by atoms with van der Waals surface area (Å²) in [5.74, 6) is 0.102. The molecule has 6 heteroatoms. The van der Waals surface area contributed by atoms with E-state index in [2.05, 4.69) is 15.3 Å². The SMILES string of the molecule is O=C(Cc1ccccc1)Nc1ncc(-c2ccc(O)cc2)nc1C(O)c1ccccc1. The summed E-state index contributed by atoms with van der Waals surface area (Å²) < 4.78 is 0. The number of hydrogen-bond donors (Lipinski definition) is 3. The summed E-state index contributed by atoms with van der Waals surface area (Å²) >= 11 is 0. The zero-order valence-corrected chi connectivity index (χ0v) is 16.6. The average molecular weight is 411 g/mol.